The molecule has 2 aromatic rings. The second-order valence-corrected chi connectivity index (χ2v) is 6.67. The topological polar surface area (TPSA) is 40.5 Å². The van der Waals surface area contributed by atoms with Crippen molar-refractivity contribution < 1.29 is 9.90 Å². The zero-order valence-electron chi connectivity index (χ0n) is 15.5. The Kier molecular flexibility index (Phi) is 5.92. The Bertz CT molecular complexity index is 881. The van der Waals surface area contributed by atoms with E-state index in [0.717, 1.165) is 27.9 Å². The number of hydrogen-bond acceptors (Lipinski definition) is 2. The number of carbonyl (C=O) groups is 1. The van der Waals surface area contributed by atoms with Crippen LogP contribution in [-0.4, -0.2) is 17.6 Å². The van der Waals surface area contributed by atoms with Gasteiger partial charge in [-0.2, -0.15) is 0 Å². The van der Waals surface area contributed by atoms with E-state index in [4.69, 9.17) is 0 Å². The lowest BCUT2D eigenvalue weighted by molar-refractivity contribution is -0.118. The van der Waals surface area contributed by atoms with Crippen molar-refractivity contribution in [3.63, 3.8) is 0 Å². The standard InChI is InChI=1S/C24H25NO2/c1-3-9-20-17-19-14-15-22(26)25(23(19)21(10-4-2)24(20)27)16-8-13-18-11-6-5-7-12-18/h3-8,11-13,17,27H,1-2,9-10,14-16H2. The Hall–Kier alpha value is -3.07. The van der Waals surface area contributed by atoms with Crippen LogP contribution in [0.15, 0.2) is 67.8 Å². The van der Waals surface area contributed by atoms with Crippen LogP contribution in [0.3, 0.4) is 0 Å². The number of rotatable bonds is 7. The summed E-state index contributed by atoms with van der Waals surface area (Å²) in [5.41, 5.74) is 4.68. The molecule has 27 heavy (non-hydrogen) atoms. The van der Waals surface area contributed by atoms with E-state index in [-0.39, 0.29) is 11.7 Å². The van der Waals surface area contributed by atoms with Gasteiger partial charge >= 0.3 is 0 Å². The van der Waals surface area contributed by atoms with Crippen LogP contribution in [0.5, 0.6) is 5.75 Å². The minimum absolute atomic E-state index is 0.0846. The van der Waals surface area contributed by atoms with Gasteiger partial charge in [-0.05, 0) is 42.0 Å². The molecule has 2 aromatic carbocycles. The highest BCUT2D eigenvalue weighted by Crippen LogP contribution is 2.40. The van der Waals surface area contributed by atoms with Gasteiger partial charge in [0.2, 0.25) is 5.91 Å². The quantitative estimate of drug-likeness (QED) is 0.719. The molecule has 1 heterocycles. The third-order valence-corrected chi connectivity index (χ3v) is 4.82. The Morgan fingerprint density at radius 2 is 1.81 bits per heavy atom. The fourth-order valence-corrected chi connectivity index (χ4v) is 3.58. The molecule has 0 aromatic heterocycles. The molecule has 0 unspecified atom stereocenters. The number of benzene rings is 2. The number of phenols is 1. The predicted octanol–water partition coefficient (Wildman–Crippen LogP) is 4.84. The molecule has 0 saturated carbocycles. The molecule has 3 heteroatoms. The van der Waals surface area contributed by atoms with Crippen molar-refractivity contribution in [2.75, 3.05) is 11.4 Å². The molecule has 3 rings (SSSR count). The number of aromatic hydroxyl groups is 1. The Morgan fingerprint density at radius 1 is 1.07 bits per heavy atom. The second-order valence-electron chi connectivity index (χ2n) is 6.67. The van der Waals surface area contributed by atoms with Crippen LogP contribution in [0.4, 0.5) is 5.69 Å². The highest BCUT2D eigenvalue weighted by Gasteiger charge is 2.28. The third kappa shape index (κ3) is 4.03. The molecular weight excluding hydrogens is 334 g/mol. The summed E-state index contributed by atoms with van der Waals surface area (Å²) in [6, 6.07) is 12.0. The molecule has 1 amide bonds. The van der Waals surface area contributed by atoms with Crippen LogP contribution in [0.1, 0.15) is 28.7 Å². The normalized spacial score (nSPS) is 13.6. The molecule has 0 spiro atoms. The van der Waals surface area contributed by atoms with E-state index in [1.807, 2.05) is 48.6 Å². The first kappa shape index (κ1) is 18.7. The van der Waals surface area contributed by atoms with Crippen molar-refractivity contribution >= 4 is 17.7 Å². The number of hydrogen-bond donors (Lipinski definition) is 1. The van der Waals surface area contributed by atoms with E-state index in [1.54, 1.807) is 17.1 Å². The van der Waals surface area contributed by atoms with Crippen LogP contribution in [0.25, 0.3) is 6.08 Å². The third-order valence-electron chi connectivity index (χ3n) is 4.82. The lowest BCUT2D eigenvalue weighted by atomic mass is 9.91. The van der Waals surface area contributed by atoms with Crippen molar-refractivity contribution in [2.24, 2.45) is 0 Å². The van der Waals surface area contributed by atoms with Gasteiger partial charge in [-0.1, -0.05) is 54.6 Å². The summed E-state index contributed by atoms with van der Waals surface area (Å²) in [6.45, 7) is 8.07. The number of carbonyl (C=O) groups excluding carboxylic acids is 1. The lowest BCUT2D eigenvalue weighted by Crippen LogP contribution is -2.36. The number of allylic oxidation sites excluding steroid dienone is 2. The van der Waals surface area contributed by atoms with E-state index in [1.165, 1.54) is 0 Å². The number of fused-ring (bicyclic) bond motifs is 1. The van der Waals surface area contributed by atoms with Crippen molar-refractivity contribution in [3.05, 3.63) is 90.0 Å². The maximum atomic E-state index is 12.6. The molecule has 3 nitrogen and oxygen atoms in total. The number of nitrogens with zero attached hydrogens (tertiary/aromatic N) is 1. The summed E-state index contributed by atoms with van der Waals surface area (Å²) in [5.74, 6) is 0.335. The molecule has 0 fully saturated rings. The summed E-state index contributed by atoms with van der Waals surface area (Å²) in [5, 5.41) is 10.8. The summed E-state index contributed by atoms with van der Waals surface area (Å²) < 4.78 is 0. The van der Waals surface area contributed by atoms with E-state index < -0.39 is 0 Å². The average Bonchev–Trinajstić information content (AvgIpc) is 2.68. The number of phenolic OH excluding ortho intramolecular Hbond substituents is 1. The highest BCUT2D eigenvalue weighted by atomic mass is 16.3. The minimum atomic E-state index is 0.0846. The van der Waals surface area contributed by atoms with Gasteiger partial charge in [0.15, 0.2) is 0 Å². The average molecular weight is 359 g/mol. The summed E-state index contributed by atoms with van der Waals surface area (Å²) in [7, 11) is 0. The van der Waals surface area contributed by atoms with Crippen LogP contribution in [-0.2, 0) is 24.1 Å². The van der Waals surface area contributed by atoms with Gasteiger partial charge in [0.05, 0.1) is 5.69 Å². The Morgan fingerprint density at radius 3 is 2.52 bits per heavy atom. The van der Waals surface area contributed by atoms with Crippen molar-refractivity contribution in [2.45, 2.75) is 25.7 Å². The van der Waals surface area contributed by atoms with E-state index in [9.17, 15) is 9.90 Å². The van der Waals surface area contributed by atoms with Crippen LogP contribution in [0.2, 0.25) is 0 Å². The highest BCUT2D eigenvalue weighted by molar-refractivity contribution is 5.98. The predicted molar refractivity (Wildman–Crippen MR) is 112 cm³/mol. The maximum Gasteiger partial charge on any atom is 0.227 e. The number of aryl methyl sites for hydroxylation is 1. The zero-order chi connectivity index (χ0) is 19.2. The fraction of sp³-hybridized carbons (Fsp3) is 0.208. The molecule has 0 bridgehead atoms. The summed E-state index contributed by atoms with van der Waals surface area (Å²) in [6.07, 6.45) is 9.86. The van der Waals surface area contributed by atoms with Crippen molar-refractivity contribution in [3.8, 4) is 5.75 Å². The first-order chi connectivity index (χ1) is 13.2. The Labute approximate surface area is 161 Å². The molecule has 138 valence electrons. The van der Waals surface area contributed by atoms with E-state index in [2.05, 4.69) is 13.2 Å². The van der Waals surface area contributed by atoms with Gasteiger partial charge in [-0.25, -0.2) is 0 Å². The van der Waals surface area contributed by atoms with Gasteiger partial charge in [0, 0.05) is 18.5 Å². The van der Waals surface area contributed by atoms with E-state index >= 15 is 0 Å². The molecule has 1 aliphatic rings. The first-order valence-corrected chi connectivity index (χ1v) is 9.26. The Balaban J connectivity index is 1.98. The largest absolute Gasteiger partial charge is 0.507 e. The van der Waals surface area contributed by atoms with Gasteiger partial charge in [0.1, 0.15) is 5.75 Å². The van der Waals surface area contributed by atoms with Gasteiger partial charge < -0.3 is 10.0 Å². The molecule has 0 radical (unpaired) electrons. The maximum absolute atomic E-state index is 12.6. The molecular formula is C24H25NO2. The van der Waals surface area contributed by atoms with Gasteiger partial charge in [0.25, 0.3) is 0 Å². The van der Waals surface area contributed by atoms with Crippen molar-refractivity contribution in [1.82, 2.24) is 0 Å². The minimum Gasteiger partial charge on any atom is -0.507 e. The first-order valence-electron chi connectivity index (χ1n) is 9.26. The molecule has 0 aliphatic carbocycles. The lowest BCUT2D eigenvalue weighted by Gasteiger charge is -2.32. The van der Waals surface area contributed by atoms with Crippen molar-refractivity contribution in [1.29, 1.82) is 0 Å². The SMILES string of the molecule is C=CCc1cc2c(c(CC=C)c1O)N(CC=Cc1ccccc1)C(=O)CC2. The van der Waals surface area contributed by atoms with Crippen LogP contribution >= 0.6 is 0 Å². The van der Waals surface area contributed by atoms with Gasteiger partial charge in [-0.3, -0.25) is 4.79 Å². The van der Waals surface area contributed by atoms with Crippen LogP contribution in [0, 0.1) is 0 Å². The van der Waals surface area contributed by atoms with Crippen LogP contribution < -0.4 is 4.90 Å². The molecule has 0 saturated heterocycles. The summed E-state index contributed by atoms with van der Waals surface area (Å²) in [4.78, 5) is 14.4. The second kappa shape index (κ2) is 8.54. The van der Waals surface area contributed by atoms with Gasteiger partial charge in [-0.15, -0.1) is 13.2 Å². The number of anilines is 1. The molecule has 1 N–H and O–H groups in total. The smallest absolute Gasteiger partial charge is 0.227 e. The molecule has 0 atom stereocenters. The zero-order valence-corrected chi connectivity index (χ0v) is 15.5. The number of amides is 1. The fourth-order valence-electron chi connectivity index (χ4n) is 3.58. The molecule has 1 aliphatic heterocycles. The van der Waals surface area contributed by atoms with E-state index in [0.29, 0.717) is 32.2 Å². The monoisotopic (exact) mass is 359 g/mol. The summed E-state index contributed by atoms with van der Waals surface area (Å²) >= 11 is 0.